The number of benzene rings is 1. The summed E-state index contributed by atoms with van der Waals surface area (Å²) in [7, 11) is 0. The van der Waals surface area contributed by atoms with Crippen molar-refractivity contribution in [3.8, 4) is 0 Å². The Morgan fingerprint density at radius 3 is 3.14 bits per heavy atom. The number of aliphatic imine (C=N–C) groups is 1. The van der Waals surface area contributed by atoms with E-state index in [-0.39, 0.29) is 11.6 Å². The molecule has 1 saturated heterocycles. The highest BCUT2D eigenvalue weighted by Gasteiger charge is 2.30. The van der Waals surface area contributed by atoms with Gasteiger partial charge in [-0.25, -0.2) is 0 Å². The summed E-state index contributed by atoms with van der Waals surface area (Å²) >= 11 is 1.61. The van der Waals surface area contributed by atoms with Gasteiger partial charge in [0, 0.05) is 12.2 Å². The fraction of sp³-hybridized carbons (Fsp3) is 0.529. The second-order valence-electron chi connectivity index (χ2n) is 6.31. The van der Waals surface area contributed by atoms with Crippen LogP contribution < -0.4 is 11.1 Å². The molecule has 2 atom stereocenters. The predicted octanol–water partition coefficient (Wildman–Crippen LogP) is 2.22. The van der Waals surface area contributed by atoms with Gasteiger partial charge >= 0.3 is 0 Å². The lowest BCUT2D eigenvalue weighted by atomic mass is 9.88. The van der Waals surface area contributed by atoms with Crippen LogP contribution in [-0.2, 0) is 16.8 Å². The fourth-order valence-corrected chi connectivity index (χ4v) is 4.17. The lowest BCUT2D eigenvalue weighted by molar-refractivity contribution is -0.120. The highest BCUT2D eigenvalue weighted by Crippen LogP contribution is 2.35. The molecule has 3 rings (SSSR count). The molecule has 0 unspecified atom stereocenters. The molecule has 1 aromatic rings. The van der Waals surface area contributed by atoms with Gasteiger partial charge in [0.05, 0.1) is 11.6 Å². The molecule has 0 amide bonds. The average molecular weight is 317 g/mol. The van der Waals surface area contributed by atoms with E-state index in [9.17, 15) is 4.79 Å². The third kappa shape index (κ3) is 3.36. The van der Waals surface area contributed by atoms with Gasteiger partial charge in [-0.1, -0.05) is 36.0 Å². The quantitative estimate of drug-likeness (QED) is 0.893. The molecular weight excluding hydrogens is 294 g/mol. The van der Waals surface area contributed by atoms with Crippen LogP contribution in [-0.4, -0.2) is 29.3 Å². The Bertz CT molecular complexity index is 595. The van der Waals surface area contributed by atoms with E-state index in [1.54, 1.807) is 11.8 Å². The number of rotatable bonds is 4. The Kier molecular flexibility index (Phi) is 4.54. The van der Waals surface area contributed by atoms with E-state index in [1.807, 2.05) is 12.1 Å². The second-order valence-corrected chi connectivity index (χ2v) is 7.43. The normalized spacial score (nSPS) is 28.4. The Morgan fingerprint density at radius 1 is 1.55 bits per heavy atom. The van der Waals surface area contributed by atoms with Gasteiger partial charge < -0.3 is 11.1 Å². The molecule has 1 aromatic carbocycles. The molecule has 2 heterocycles. The molecule has 0 aliphatic carbocycles. The molecule has 2 aliphatic heterocycles. The van der Waals surface area contributed by atoms with Crippen LogP contribution in [0.1, 0.15) is 37.3 Å². The third-order valence-electron chi connectivity index (χ3n) is 4.57. The van der Waals surface area contributed by atoms with E-state index >= 15 is 0 Å². The number of carbonyl (C=O) groups is 1. The van der Waals surface area contributed by atoms with E-state index in [0.29, 0.717) is 17.4 Å². The van der Waals surface area contributed by atoms with Crippen molar-refractivity contribution in [3.63, 3.8) is 0 Å². The van der Waals surface area contributed by atoms with Crippen molar-refractivity contribution in [2.24, 2.45) is 10.7 Å². The average Bonchev–Trinajstić information content (AvgIpc) is 3.01. The van der Waals surface area contributed by atoms with E-state index in [2.05, 4.69) is 29.4 Å². The van der Waals surface area contributed by atoms with Crippen LogP contribution >= 0.6 is 11.8 Å². The molecule has 5 heteroatoms. The van der Waals surface area contributed by atoms with Crippen molar-refractivity contribution in [2.45, 2.75) is 44.2 Å². The van der Waals surface area contributed by atoms with Gasteiger partial charge in [0.2, 0.25) is 0 Å². The van der Waals surface area contributed by atoms with Crippen LogP contribution in [0.3, 0.4) is 0 Å². The van der Waals surface area contributed by atoms with Crippen molar-refractivity contribution in [2.75, 3.05) is 12.3 Å². The first kappa shape index (κ1) is 15.6. The summed E-state index contributed by atoms with van der Waals surface area (Å²) in [5, 5.41) is 3.93. The molecular formula is C17H23N3OS. The molecule has 1 fully saturated rings. The summed E-state index contributed by atoms with van der Waals surface area (Å²) < 4.78 is 0. The monoisotopic (exact) mass is 317 g/mol. The van der Waals surface area contributed by atoms with Crippen LogP contribution in [0.4, 0.5) is 0 Å². The fourth-order valence-electron chi connectivity index (χ4n) is 3.19. The molecule has 118 valence electrons. The first-order valence-electron chi connectivity index (χ1n) is 7.90. The molecule has 22 heavy (non-hydrogen) atoms. The summed E-state index contributed by atoms with van der Waals surface area (Å²) in [6, 6.07) is 8.32. The smallest absolute Gasteiger partial charge is 0.154 e. The zero-order chi connectivity index (χ0) is 15.6. The number of hydrogen-bond donors (Lipinski definition) is 2. The van der Waals surface area contributed by atoms with Crippen molar-refractivity contribution in [1.82, 2.24) is 5.32 Å². The Hall–Kier alpha value is -1.33. The van der Waals surface area contributed by atoms with E-state index in [0.717, 1.165) is 42.7 Å². The topological polar surface area (TPSA) is 67.5 Å². The number of amidine groups is 1. The molecule has 0 saturated carbocycles. The first-order valence-corrected chi connectivity index (χ1v) is 8.89. The summed E-state index contributed by atoms with van der Waals surface area (Å²) in [5.41, 5.74) is 7.86. The zero-order valence-electron chi connectivity index (χ0n) is 13.0. The van der Waals surface area contributed by atoms with Crippen LogP contribution in [0.5, 0.6) is 0 Å². The van der Waals surface area contributed by atoms with Gasteiger partial charge in [-0.05, 0) is 43.9 Å². The number of nitrogens with zero attached hydrogens (tertiary/aromatic N) is 1. The van der Waals surface area contributed by atoms with Crippen molar-refractivity contribution >= 4 is 22.7 Å². The zero-order valence-corrected chi connectivity index (χ0v) is 13.8. The predicted molar refractivity (Wildman–Crippen MR) is 92.2 cm³/mol. The minimum Gasteiger partial charge on any atom is -0.379 e. The Labute approximate surface area is 136 Å². The molecule has 4 nitrogen and oxygen atoms in total. The number of nitrogens with one attached hydrogen (secondary N) is 1. The summed E-state index contributed by atoms with van der Waals surface area (Å²) in [6.07, 6.45) is 3.53. The van der Waals surface area contributed by atoms with Crippen molar-refractivity contribution < 1.29 is 4.79 Å². The largest absolute Gasteiger partial charge is 0.379 e. The summed E-state index contributed by atoms with van der Waals surface area (Å²) in [5.74, 6) is 1.28. The highest BCUT2D eigenvalue weighted by atomic mass is 32.2. The maximum atomic E-state index is 12.3. The van der Waals surface area contributed by atoms with Gasteiger partial charge in [-0.2, -0.15) is 0 Å². The lowest BCUT2D eigenvalue weighted by Gasteiger charge is -2.30. The maximum absolute atomic E-state index is 12.3. The molecule has 0 spiro atoms. The number of nitrogens with two attached hydrogens (primary N) is 1. The number of hydrogen-bond acceptors (Lipinski definition) is 5. The third-order valence-corrected chi connectivity index (χ3v) is 5.37. The van der Waals surface area contributed by atoms with E-state index < -0.39 is 0 Å². The molecule has 0 radical (unpaired) electrons. The summed E-state index contributed by atoms with van der Waals surface area (Å²) in [6.45, 7) is 3.08. The minimum atomic E-state index is -0.264. The Morgan fingerprint density at radius 2 is 2.41 bits per heavy atom. The lowest BCUT2D eigenvalue weighted by Crippen LogP contribution is -2.32. The van der Waals surface area contributed by atoms with Crippen LogP contribution in [0.2, 0.25) is 0 Å². The number of thioether (sulfide) groups is 1. The molecule has 0 bridgehead atoms. The van der Waals surface area contributed by atoms with Crippen LogP contribution in [0.15, 0.2) is 29.3 Å². The van der Waals surface area contributed by atoms with Gasteiger partial charge in [-0.3, -0.25) is 9.79 Å². The SMILES string of the molecule is C[C@@]1(c2cccc(CC(=O)[C@@H]3CCCN3)c2)CCSC(N)=N1. The number of carbonyl (C=O) groups excluding carboxylic acids is 1. The number of Topliss-reactive ketones (excluding diaryl/α,β-unsaturated/α-hetero) is 1. The van der Waals surface area contributed by atoms with Crippen molar-refractivity contribution in [1.29, 1.82) is 0 Å². The van der Waals surface area contributed by atoms with Crippen LogP contribution in [0, 0.1) is 0 Å². The maximum Gasteiger partial charge on any atom is 0.154 e. The van der Waals surface area contributed by atoms with Gasteiger partial charge in [0.15, 0.2) is 11.0 Å². The van der Waals surface area contributed by atoms with Crippen molar-refractivity contribution in [3.05, 3.63) is 35.4 Å². The van der Waals surface area contributed by atoms with E-state index in [1.165, 1.54) is 0 Å². The van der Waals surface area contributed by atoms with Crippen LogP contribution in [0.25, 0.3) is 0 Å². The highest BCUT2D eigenvalue weighted by molar-refractivity contribution is 8.13. The van der Waals surface area contributed by atoms with Gasteiger partial charge in [0.25, 0.3) is 0 Å². The molecule has 3 N–H and O–H groups in total. The molecule has 2 aliphatic rings. The van der Waals surface area contributed by atoms with Gasteiger partial charge in [-0.15, -0.1) is 0 Å². The second kappa shape index (κ2) is 6.42. The minimum absolute atomic E-state index is 0.0407. The first-order chi connectivity index (χ1) is 10.6. The molecule has 0 aromatic heterocycles. The van der Waals surface area contributed by atoms with E-state index in [4.69, 9.17) is 5.73 Å². The number of ketones is 1. The standard InChI is InChI=1S/C17H23N3OS/c1-17(7-9-22-16(18)20-17)13-5-2-4-12(10-13)11-15(21)14-6-3-8-19-14/h2,4-5,10,14,19H,3,6-9,11H2,1H3,(H2,18,20)/t14-,17-/m0/s1. The Balaban J connectivity index is 1.77. The van der Waals surface area contributed by atoms with Gasteiger partial charge in [0.1, 0.15) is 0 Å². The summed E-state index contributed by atoms with van der Waals surface area (Å²) in [4.78, 5) is 17.0.